The van der Waals surface area contributed by atoms with Crippen molar-refractivity contribution in [3.8, 4) is 0 Å². The molecule has 0 saturated heterocycles. The molecule has 0 rings (SSSR count). The predicted molar refractivity (Wildman–Crippen MR) is 63.0 cm³/mol. The van der Waals surface area contributed by atoms with Crippen molar-refractivity contribution in [3.05, 3.63) is 24.6 Å². The Morgan fingerprint density at radius 2 is 1.40 bits per heavy atom. The molecule has 0 heterocycles. The average molecular weight is 226 g/mol. The molecule has 0 radical (unpaired) electrons. The van der Waals surface area contributed by atoms with E-state index in [2.05, 4.69) is 23.1 Å². The maximum atomic E-state index is 11.3. The first-order valence-electron chi connectivity index (χ1n) is 4.92. The molecule has 0 atom stereocenters. The molecule has 0 aliphatic carbocycles. The third-order valence-corrected chi connectivity index (χ3v) is 4.65. The number of hydrogen-bond donors (Lipinski definition) is 2. The minimum Gasteiger partial charge on any atom is -0.359 e. The first-order chi connectivity index (χ1) is 7.03. The van der Waals surface area contributed by atoms with Crippen molar-refractivity contribution in [2.75, 3.05) is 0 Å². The van der Waals surface area contributed by atoms with Gasteiger partial charge in [-0.25, -0.2) is 0 Å². The summed E-state index contributed by atoms with van der Waals surface area (Å²) in [6.07, 6.45) is 0.747. The van der Waals surface area contributed by atoms with E-state index in [1.165, 1.54) is 0 Å². The van der Waals surface area contributed by atoms with E-state index in [9.17, 15) is 9.59 Å². The number of rotatable bonds is 6. The lowest BCUT2D eigenvalue weighted by molar-refractivity contribution is -0.119. The van der Waals surface area contributed by atoms with E-state index >= 15 is 0 Å². The monoisotopic (exact) mass is 226 g/mol. The summed E-state index contributed by atoms with van der Waals surface area (Å²) in [7, 11) is -2.58. The third kappa shape index (κ3) is 4.12. The quantitative estimate of drug-likeness (QED) is 0.662. The Balaban J connectivity index is 4.71. The zero-order valence-corrected chi connectivity index (χ0v) is 10.3. The standard InChI is InChI=1S/C10H18N2O2Si/c1-5-9(13)11-15(7-3,8-4)12-10(14)6-2/h7-8H,3-6H2,1-2H3,(H,11,13)(H,12,14). The largest absolute Gasteiger partial charge is 0.359 e. The van der Waals surface area contributed by atoms with Gasteiger partial charge in [-0.05, 0) is 0 Å². The van der Waals surface area contributed by atoms with Crippen LogP contribution in [0.2, 0.25) is 0 Å². The van der Waals surface area contributed by atoms with Crippen LogP contribution in [0.25, 0.3) is 0 Å². The highest BCUT2D eigenvalue weighted by molar-refractivity contribution is 6.87. The van der Waals surface area contributed by atoms with Crippen LogP contribution in [0.3, 0.4) is 0 Å². The van der Waals surface area contributed by atoms with Crippen molar-refractivity contribution in [1.29, 1.82) is 0 Å². The van der Waals surface area contributed by atoms with Gasteiger partial charge in [-0.15, -0.1) is 13.2 Å². The normalized spacial score (nSPS) is 10.3. The highest BCUT2D eigenvalue weighted by Gasteiger charge is 2.30. The Labute approximate surface area is 91.6 Å². The molecule has 84 valence electrons. The molecule has 0 bridgehead atoms. The van der Waals surface area contributed by atoms with Crippen LogP contribution in [-0.2, 0) is 9.59 Å². The van der Waals surface area contributed by atoms with E-state index in [4.69, 9.17) is 0 Å². The van der Waals surface area contributed by atoms with Crippen LogP contribution in [0.15, 0.2) is 24.6 Å². The fourth-order valence-corrected chi connectivity index (χ4v) is 2.87. The number of amides is 2. The van der Waals surface area contributed by atoms with Gasteiger partial charge in [-0.1, -0.05) is 25.2 Å². The summed E-state index contributed by atoms with van der Waals surface area (Å²) >= 11 is 0. The van der Waals surface area contributed by atoms with Gasteiger partial charge in [0.05, 0.1) is 0 Å². The minimum atomic E-state index is -2.58. The van der Waals surface area contributed by atoms with Gasteiger partial charge in [-0.3, -0.25) is 9.59 Å². The molecule has 15 heavy (non-hydrogen) atoms. The molecule has 0 aromatic carbocycles. The topological polar surface area (TPSA) is 58.2 Å². The van der Waals surface area contributed by atoms with Gasteiger partial charge in [0, 0.05) is 12.8 Å². The van der Waals surface area contributed by atoms with Gasteiger partial charge in [0.15, 0.2) is 0 Å². The molecular formula is C10H18N2O2Si. The second-order valence-electron chi connectivity index (χ2n) is 3.08. The molecule has 2 N–H and O–H groups in total. The summed E-state index contributed by atoms with van der Waals surface area (Å²) < 4.78 is 0. The molecule has 0 fully saturated rings. The summed E-state index contributed by atoms with van der Waals surface area (Å²) in [5, 5.41) is 0. The number of carbonyl (C=O) groups excluding carboxylic acids is 2. The van der Waals surface area contributed by atoms with E-state index in [1.54, 1.807) is 25.2 Å². The summed E-state index contributed by atoms with van der Waals surface area (Å²) in [4.78, 5) is 28.1. The molecule has 5 heteroatoms. The van der Waals surface area contributed by atoms with E-state index in [0.717, 1.165) is 0 Å². The van der Waals surface area contributed by atoms with Gasteiger partial charge in [-0.2, -0.15) is 0 Å². The lowest BCUT2D eigenvalue weighted by Gasteiger charge is -2.25. The molecule has 2 amide bonds. The maximum absolute atomic E-state index is 11.3. The zero-order valence-electron chi connectivity index (χ0n) is 9.30. The van der Waals surface area contributed by atoms with E-state index in [1.807, 2.05) is 0 Å². The molecule has 4 nitrogen and oxygen atoms in total. The van der Waals surface area contributed by atoms with Gasteiger partial charge in [0.2, 0.25) is 11.8 Å². The fourth-order valence-electron chi connectivity index (χ4n) is 0.957. The number of nitrogens with one attached hydrogen (secondary N) is 2. The SMILES string of the molecule is C=C[Si](C=C)(NC(=O)CC)NC(=O)CC. The smallest absolute Gasteiger partial charge is 0.314 e. The minimum absolute atomic E-state index is 0.113. The van der Waals surface area contributed by atoms with Crippen molar-refractivity contribution in [3.63, 3.8) is 0 Å². The lowest BCUT2D eigenvalue weighted by Crippen LogP contribution is -2.63. The molecule has 0 aromatic rings. The Morgan fingerprint density at radius 3 is 1.60 bits per heavy atom. The van der Waals surface area contributed by atoms with Crippen molar-refractivity contribution in [2.45, 2.75) is 26.7 Å². The summed E-state index contributed by atoms with van der Waals surface area (Å²) in [6.45, 7) is 10.8. The third-order valence-electron chi connectivity index (χ3n) is 1.98. The predicted octanol–water partition coefficient (Wildman–Crippen LogP) is 0.931. The molecule has 0 aromatic heterocycles. The number of carbonyl (C=O) groups is 2. The molecule has 0 saturated carbocycles. The Hall–Kier alpha value is -1.36. The van der Waals surface area contributed by atoms with Crippen LogP contribution in [0.4, 0.5) is 0 Å². The van der Waals surface area contributed by atoms with Gasteiger partial charge in [0.25, 0.3) is 0 Å². The van der Waals surface area contributed by atoms with Crippen LogP contribution < -0.4 is 9.96 Å². The molecule has 0 aliphatic rings. The highest BCUT2D eigenvalue weighted by Crippen LogP contribution is 1.98. The summed E-state index contributed by atoms with van der Waals surface area (Å²) in [6, 6.07) is 0. The first-order valence-corrected chi connectivity index (χ1v) is 7.08. The van der Waals surface area contributed by atoms with Crippen LogP contribution in [-0.4, -0.2) is 20.2 Å². The van der Waals surface area contributed by atoms with Gasteiger partial charge < -0.3 is 9.96 Å². The fraction of sp³-hybridized carbons (Fsp3) is 0.400. The maximum Gasteiger partial charge on any atom is 0.314 e. The molecule has 0 unspecified atom stereocenters. The van der Waals surface area contributed by atoms with Crippen molar-refractivity contribution in [2.24, 2.45) is 0 Å². The Morgan fingerprint density at radius 1 is 1.07 bits per heavy atom. The second-order valence-corrected chi connectivity index (χ2v) is 6.14. The molecule has 0 spiro atoms. The van der Waals surface area contributed by atoms with Crippen molar-refractivity contribution < 1.29 is 9.59 Å². The lowest BCUT2D eigenvalue weighted by atomic mass is 10.5. The number of hydrogen-bond acceptors (Lipinski definition) is 2. The van der Waals surface area contributed by atoms with Crippen LogP contribution in [0.1, 0.15) is 26.7 Å². The molecular weight excluding hydrogens is 208 g/mol. The summed E-state index contributed by atoms with van der Waals surface area (Å²) in [5.74, 6) is -0.226. The van der Waals surface area contributed by atoms with Crippen molar-refractivity contribution in [1.82, 2.24) is 9.96 Å². The Bertz CT molecular complexity index is 249. The van der Waals surface area contributed by atoms with Gasteiger partial charge in [0.1, 0.15) is 0 Å². The van der Waals surface area contributed by atoms with E-state index in [-0.39, 0.29) is 11.8 Å². The van der Waals surface area contributed by atoms with Crippen molar-refractivity contribution >= 4 is 20.2 Å². The zero-order chi connectivity index (χ0) is 11.9. The Kier molecular flexibility index (Phi) is 5.62. The summed E-state index contributed by atoms with van der Waals surface area (Å²) in [5.41, 5.74) is 3.17. The van der Waals surface area contributed by atoms with Crippen LogP contribution in [0, 0.1) is 0 Å². The van der Waals surface area contributed by atoms with E-state index in [0.29, 0.717) is 12.8 Å². The first kappa shape index (κ1) is 13.6. The highest BCUT2D eigenvalue weighted by atomic mass is 28.3. The second kappa shape index (κ2) is 6.18. The average Bonchev–Trinajstić information content (AvgIpc) is 2.27. The molecule has 0 aliphatic heterocycles. The van der Waals surface area contributed by atoms with Crippen LogP contribution >= 0.6 is 0 Å². The van der Waals surface area contributed by atoms with Crippen LogP contribution in [0.5, 0.6) is 0 Å². The van der Waals surface area contributed by atoms with E-state index < -0.39 is 8.40 Å². The van der Waals surface area contributed by atoms with Gasteiger partial charge >= 0.3 is 8.40 Å².